The van der Waals surface area contributed by atoms with Crippen molar-refractivity contribution >= 4 is 31.6 Å². The fraction of sp³-hybridized carbons (Fsp3) is 0.200. The smallest absolute Gasteiger partial charge is 0.417 e. The largest absolute Gasteiger partial charge is 0.496 e. The SMILES string of the molecule is COc1ccc(Br)cc1CNc1ccc(S(N)(=O)=O)c(C(F)(F)F)c1. The fourth-order valence-electron chi connectivity index (χ4n) is 2.19. The van der Waals surface area contributed by atoms with Crippen molar-refractivity contribution in [1.29, 1.82) is 0 Å². The minimum atomic E-state index is -4.85. The molecule has 3 N–H and O–H groups in total. The lowest BCUT2D eigenvalue weighted by Gasteiger charge is -2.15. The van der Waals surface area contributed by atoms with Crippen LogP contribution in [0.5, 0.6) is 5.75 Å². The third-order valence-corrected chi connectivity index (χ3v) is 4.78. The van der Waals surface area contributed by atoms with Crippen molar-refractivity contribution in [3.63, 3.8) is 0 Å². The molecule has 0 aliphatic carbocycles. The molecule has 25 heavy (non-hydrogen) atoms. The number of anilines is 1. The standard InChI is InChI=1S/C15H14BrF3N2O3S/c1-24-13-4-2-10(16)6-9(13)8-21-11-3-5-14(25(20,22)23)12(7-11)15(17,18)19/h2-7,21H,8H2,1H3,(H2,20,22,23). The van der Waals surface area contributed by atoms with Gasteiger partial charge < -0.3 is 10.1 Å². The summed E-state index contributed by atoms with van der Waals surface area (Å²) in [6, 6.07) is 8.01. The predicted octanol–water partition coefficient (Wildman–Crippen LogP) is 3.74. The van der Waals surface area contributed by atoms with Gasteiger partial charge in [0.15, 0.2) is 0 Å². The molecule has 0 saturated heterocycles. The highest BCUT2D eigenvalue weighted by molar-refractivity contribution is 9.10. The molecular weight excluding hydrogens is 425 g/mol. The van der Waals surface area contributed by atoms with Crippen molar-refractivity contribution in [3.8, 4) is 5.75 Å². The average Bonchev–Trinajstić information content (AvgIpc) is 2.51. The Balaban J connectivity index is 2.34. The average molecular weight is 439 g/mol. The number of primary sulfonamides is 1. The zero-order valence-corrected chi connectivity index (χ0v) is 15.3. The third kappa shape index (κ3) is 4.86. The summed E-state index contributed by atoms with van der Waals surface area (Å²) in [5.74, 6) is 0.563. The van der Waals surface area contributed by atoms with E-state index in [1.165, 1.54) is 13.2 Å². The van der Waals surface area contributed by atoms with Crippen molar-refractivity contribution in [2.75, 3.05) is 12.4 Å². The minimum absolute atomic E-state index is 0.0988. The van der Waals surface area contributed by atoms with Crippen LogP contribution < -0.4 is 15.2 Å². The molecule has 2 rings (SSSR count). The van der Waals surface area contributed by atoms with Crippen molar-refractivity contribution in [1.82, 2.24) is 0 Å². The van der Waals surface area contributed by atoms with Crippen LogP contribution in [0.3, 0.4) is 0 Å². The Morgan fingerprint density at radius 1 is 1.20 bits per heavy atom. The quantitative estimate of drug-likeness (QED) is 0.744. The molecule has 0 radical (unpaired) electrons. The van der Waals surface area contributed by atoms with Crippen molar-refractivity contribution in [3.05, 3.63) is 52.0 Å². The Hall–Kier alpha value is -1.78. The lowest BCUT2D eigenvalue weighted by Crippen LogP contribution is -2.19. The van der Waals surface area contributed by atoms with Crippen molar-refractivity contribution in [2.45, 2.75) is 17.6 Å². The van der Waals surface area contributed by atoms with Gasteiger partial charge in [0.1, 0.15) is 5.75 Å². The van der Waals surface area contributed by atoms with E-state index in [0.29, 0.717) is 17.4 Å². The first-order chi connectivity index (χ1) is 11.5. The van der Waals surface area contributed by atoms with E-state index in [-0.39, 0.29) is 12.2 Å². The van der Waals surface area contributed by atoms with Crippen LogP contribution in [0.2, 0.25) is 0 Å². The fourth-order valence-corrected chi connectivity index (χ4v) is 3.34. The summed E-state index contributed by atoms with van der Waals surface area (Å²) in [5, 5.41) is 7.67. The van der Waals surface area contributed by atoms with Gasteiger partial charge in [0.05, 0.1) is 17.6 Å². The second-order valence-electron chi connectivity index (χ2n) is 5.06. The number of ether oxygens (including phenoxy) is 1. The molecule has 0 bridgehead atoms. The van der Waals surface area contributed by atoms with Crippen LogP contribution >= 0.6 is 15.9 Å². The summed E-state index contributed by atoms with van der Waals surface area (Å²) < 4.78 is 68.0. The molecule has 0 unspecified atom stereocenters. The van der Waals surface area contributed by atoms with Crippen LogP contribution in [-0.2, 0) is 22.7 Å². The summed E-state index contributed by atoms with van der Waals surface area (Å²) in [4.78, 5) is -0.967. The molecule has 10 heteroatoms. The first-order valence-electron chi connectivity index (χ1n) is 6.82. The number of methoxy groups -OCH3 is 1. The lowest BCUT2D eigenvalue weighted by atomic mass is 10.1. The van der Waals surface area contributed by atoms with Crippen molar-refractivity contribution in [2.24, 2.45) is 5.14 Å². The minimum Gasteiger partial charge on any atom is -0.496 e. The number of rotatable bonds is 5. The van der Waals surface area contributed by atoms with E-state index < -0.39 is 26.7 Å². The maximum absolute atomic E-state index is 13.1. The van der Waals surface area contributed by atoms with Gasteiger partial charge in [-0.1, -0.05) is 15.9 Å². The normalized spacial score (nSPS) is 12.1. The molecular formula is C15H14BrF3N2O3S. The van der Waals surface area contributed by atoms with Gasteiger partial charge in [-0.2, -0.15) is 13.2 Å². The van der Waals surface area contributed by atoms with Crippen LogP contribution in [-0.4, -0.2) is 15.5 Å². The Labute approximate surface area is 151 Å². The number of benzene rings is 2. The number of alkyl halides is 3. The molecule has 0 aliphatic heterocycles. The number of hydrogen-bond donors (Lipinski definition) is 2. The Morgan fingerprint density at radius 3 is 2.44 bits per heavy atom. The second kappa shape index (κ2) is 7.22. The first-order valence-corrected chi connectivity index (χ1v) is 9.16. The van der Waals surface area contributed by atoms with Gasteiger partial charge in [0.2, 0.25) is 10.0 Å². The van der Waals surface area contributed by atoms with Crippen LogP contribution in [0, 0.1) is 0 Å². The third-order valence-electron chi connectivity index (χ3n) is 3.32. The van der Waals surface area contributed by atoms with Crippen molar-refractivity contribution < 1.29 is 26.3 Å². The van der Waals surface area contributed by atoms with Gasteiger partial charge in [0.25, 0.3) is 0 Å². The number of hydrogen-bond acceptors (Lipinski definition) is 4. The number of sulfonamides is 1. The number of halogens is 4. The molecule has 0 amide bonds. The number of nitrogens with two attached hydrogens (primary N) is 1. The molecule has 5 nitrogen and oxygen atoms in total. The van der Waals surface area contributed by atoms with E-state index >= 15 is 0 Å². The van der Waals surface area contributed by atoms with Gasteiger partial charge in [-0.05, 0) is 36.4 Å². The van der Waals surface area contributed by atoms with E-state index in [0.717, 1.165) is 10.5 Å². The molecule has 0 saturated carbocycles. The molecule has 0 spiro atoms. The van der Waals surface area contributed by atoms with Crippen LogP contribution in [0.25, 0.3) is 0 Å². The summed E-state index contributed by atoms with van der Waals surface area (Å²) in [7, 11) is -3.01. The molecule has 2 aromatic carbocycles. The molecule has 0 atom stereocenters. The topological polar surface area (TPSA) is 81.4 Å². The van der Waals surface area contributed by atoms with E-state index in [1.54, 1.807) is 18.2 Å². The monoisotopic (exact) mass is 438 g/mol. The van der Waals surface area contributed by atoms with Gasteiger partial charge in [0, 0.05) is 22.3 Å². The summed E-state index contributed by atoms with van der Waals surface area (Å²) in [6.45, 7) is 0.175. The molecule has 136 valence electrons. The van der Waals surface area contributed by atoms with E-state index in [9.17, 15) is 21.6 Å². The highest BCUT2D eigenvalue weighted by Gasteiger charge is 2.36. The zero-order valence-electron chi connectivity index (χ0n) is 12.9. The van der Waals surface area contributed by atoms with Gasteiger partial charge in [-0.25, -0.2) is 13.6 Å². The summed E-state index contributed by atoms with van der Waals surface area (Å²) in [6.07, 6.45) is -4.85. The number of nitrogens with one attached hydrogen (secondary N) is 1. The Kier molecular flexibility index (Phi) is 5.65. The summed E-state index contributed by atoms with van der Waals surface area (Å²) in [5.41, 5.74) is -0.510. The molecule has 0 heterocycles. The molecule has 2 aromatic rings. The first kappa shape index (κ1) is 19.5. The predicted molar refractivity (Wildman–Crippen MR) is 90.8 cm³/mol. The maximum atomic E-state index is 13.1. The zero-order chi connectivity index (χ0) is 18.8. The van der Waals surface area contributed by atoms with Crippen LogP contribution in [0.1, 0.15) is 11.1 Å². The molecule has 0 aromatic heterocycles. The van der Waals surface area contributed by atoms with Crippen LogP contribution in [0.4, 0.5) is 18.9 Å². The van der Waals surface area contributed by atoms with E-state index in [4.69, 9.17) is 9.88 Å². The second-order valence-corrected chi connectivity index (χ2v) is 7.51. The van der Waals surface area contributed by atoms with E-state index in [2.05, 4.69) is 21.2 Å². The van der Waals surface area contributed by atoms with Gasteiger partial charge in [-0.3, -0.25) is 0 Å². The highest BCUT2D eigenvalue weighted by Crippen LogP contribution is 2.35. The maximum Gasteiger partial charge on any atom is 0.417 e. The van der Waals surface area contributed by atoms with E-state index in [1.807, 2.05) is 0 Å². The summed E-state index contributed by atoms with van der Waals surface area (Å²) >= 11 is 3.31. The molecule has 0 fully saturated rings. The van der Waals surface area contributed by atoms with Crippen LogP contribution in [0.15, 0.2) is 45.8 Å². The molecule has 0 aliphatic rings. The van der Waals surface area contributed by atoms with Gasteiger partial charge >= 0.3 is 6.18 Å². The van der Waals surface area contributed by atoms with Gasteiger partial charge in [-0.15, -0.1) is 0 Å². The highest BCUT2D eigenvalue weighted by atomic mass is 79.9. The lowest BCUT2D eigenvalue weighted by molar-refractivity contribution is -0.139. The Morgan fingerprint density at radius 2 is 1.88 bits per heavy atom. The Bertz CT molecular complexity index is 886.